The molecule has 0 unspecified atom stereocenters. The number of carbonyl (C=O) groups excluding carboxylic acids is 1. The normalized spacial score (nSPS) is 10.1. The minimum atomic E-state index is -0.250. The topological polar surface area (TPSA) is 67.1 Å². The van der Waals surface area contributed by atoms with Gasteiger partial charge in [0.1, 0.15) is 5.82 Å². The molecule has 0 saturated carbocycles. The number of nitrogen functional groups attached to an aromatic ring is 1. The zero-order valence-electron chi connectivity index (χ0n) is 10.9. The van der Waals surface area contributed by atoms with Crippen LogP contribution in [-0.4, -0.2) is 12.5 Å². The first kappa shape index (κ1) is 14.0. The van der Waals surface area contributed by atoms with Gasteiger partial charge in [0.05, 0.1) is 0 Å². The molecule has 0 radical (unpaired) electrons. The summed E-state index contributed by atoms with van der Waals surface area (Å²) in [7, 11) is 0. The zero-order valence-corrected chi connectivity index (χ0v) is 10.9. The number of rotatable bonds is 5. The number of nitrogens with two attached hydrogens (primary N) is 1. The number of carbonyl (C=O) groups is 1. The molecule has 2 rings (SSSR count). The Morgan fingerprint density at radius 2 is 1.80 bits per heavy atom. The first-order valence-corrected chi connectivity index (χ1v) is 6.29. The van der Waals surface area contributed by atoms with E-state index in [0.717, 1.165) is 5.69 Å². The summed E-state index contributed by atoms with van der Waals surface area (Å²) in [5, 5.41) is 2.75. The number of hydrogen-bond donors (Lipinski definition) is 3. The maximum absolute atomic E-state index is 13.4. The second kappa shape index (κ2) is 6.68. The molecule has 2 aromatic rings. The summed E-state index contributed by atoms with van der Waals surface area (Å²) < 4.78 is 13.4. The zero-order chi connectivity index (χ0) is 14.4. The molecule has 104 valence electrons. The molecule has 1 amide bonds. The second-order valence-electron chi connectivity index (χ2n) is 4.32. The Kier molecular flexibility index (Phi) is 4.68. The molecule has 0 bridgehead atoms. The Morgan fingerprint density at radius 1 is 1.10 bits per heavy atom. The molecule has 0 aliphatic heterocycles. The van der Waals surface area contributed by atoms with Crippen LogP contribution >= 0.6 is 0 Å². The van der Waals surface area contributed by atoms with E-state index in [1.54, 1.807) is 42.5 Å². The molecule has 2 aromatic carbocycles. The summed E-state index contributed by atoms with van der Waals surface area (Å²) in [6.07, 6.45) is 0.459. The van der Waals surface area contributed by atoms with E-state index in [0.29, 0.717) is 24.1 Å². The maximum atomic E-state index is 13.4. The average molecular weight is 273 g/mol. The van der Waals surface area contributed by atoms with Crippen LogP contribution in [0.3, 0.4) is 0 Å². The van der Waals surface area contributed by atoms with E-state index in [9.17, 15) is 9.18 Å². The van der Waals surface area contributed by atoms with E-state index in [1.165, 1.54) is 6.07 Å². The van der Waals surface area contributed by atoms with Gasteiger partial charge < -0.3 is 10.7 Å². The van der Waals surface area contributed by atoms with Crippen LogP contribution in [0.1, 0.15) is 15.9 Å². The fourth-order valence-electron chi connectivity index (χ4n) is 1.83. The number of hydrogen-bond acceptors (Lipinski definition) is 3. The molecule has 0 saturated heterocycles. The highest BCUT2D eigenvalue weighted by Crippen LogP contribution is 2.08. The predicted octanol–water partition coefficient (Wildman–Crippen LogP) is 2.08. The Hall–Kier alpha value is -2.40. The van der Waals surface area contributed by atoms with E-state index in [1.807, 2.05) is 0 Å². The van der Waals surface area contributed by atoms with Crippen molar-refractivity contribution in [2.45, 2.75) is 6.42 Å². The van der Waals surface area contributed by atoms with Crippen molar-refractivity contribution in [2.75, 3.05) is 12.0 Å². The quantitative estimate of drug-likeness (QED) is 0.577. The van der Waals surface area contributed by atoms with E-state index in [2.05, 4.69) is 10.7 Å². The molecule has 20 heavy (non-hydrogen) atoms. The predicted molar refractivity (Wildman–Crippen MR) is 76.7 cm³/mol. The number of anilines is 1. The van der Waals surface area contributed by atoms with Crippen LogP contribution < -0.4 is 16.6 Å². The standard InChI is InChI=1S/C15H16FN3O/c16-14-4-2-1-3-11(14)9-10-18-15(20)12-5-7-13(19-17)8-6-12/h1-8,19H,9-10,17H2,(H,18,20). The SMILES string of the molecule is NNc1ccc(C(=O)NCCc2ccccc2F)cc1. The van der Waals surface area contributed by atoms with Crippen LogP contribution in [0, 0.1) is 5.82 Å². The fraction of sp³-hybridized carbons (Fsp3) is 0.133. The summed E-state index contributed by atoms with van der Waals surface area (Å²) in [5.41, 5.74) is 4.35. The molecule has 4 nitrogen and oxygen atoms in total. The number of nitrogens with one attached hydrogen (secondary N) is 2. The molecule has 4 N–H and O–H groups in total. The number of benzene rings is 2. The van der Waals surface area contributed by atoms with Crippen molar-refractivity contribution >= 4 is 11.6 Å². The van der Waals surface area contributed by atoms with E-state index >= 15 is 0 Å². The Labute approximate surface area is 116 Å². The lowest BCUT2D eigenvalue weighted by atomic mass is 10.1. The van der Waals surface area contributed by atoms with Gasteiger partial charge >= 0.3 is 0 Å². The molecule has 0 spiro atoms. The lowest BCUT2D eigenvalue weighted by Gasteiger charge is -2.07. The van der Waals surface area contributed by atoms with E-state index < -0.39 is 0 Å². The van der Waals surface area contributed by atoms with Crippen molar-refractivity contribution in [1.29, 1.82) is 0 Å². The highest BCUT2D eigenvalue weighted by molar-refractivity contribution is 5.94. The van der Waals surface area contributed by atoms with Crippen LogP contribution in [0.15, 0.2) is 48.5 Å². The van der Waals surface area contributed by atoms with Gasteiger partial charge in [0, 0.05) is 17.8 Å². The van der Waals surface area contributed by atoms with Crippen molar-refractivity contribution in [2.24, 2.45) is 5.84 Å². The van der Waals surface area contributed by atoms with Gasteiger partial charge in [-0.15, -0.1) is 0 Å². The van der Waals surface area contributed by atoms with Gasteiger partial charge in [-0.2, -0.15) is 0 Å². The molecule has 0 aliphatic carbocycles. The molecule has 0 heterocycles. The van der Waals surface area contributed by atoms with Gasteiger partial charge in [0.2, 0.25) is 0 Å². The van der Waals surface area contributed by atoms with Crippen LogP contribution in [0.4, 0.5) is 10.1 Å². The minimum Gasteiger partial charge on any atom is -0.352 e. The molecular formula is C15H16FN3O. The van der Waals surface area contributed by atoms with Gasteiger partial charge in [0.15, 0.2) is 0 Å². The fourth-order valence-corrected chi connectivity index (χ4v) is 1.83. The monoisotopic (exact) mass is 273 g/mol. The molecule has 0 fully saturated rings. The first-order chi connectivity index (χ1) is 9.70. The van der Waals surface area contributed by atoms with Crippen LogP contribution in [-0.2, 0) is 6.42 Å². The Bertz CT molecular complexity index is 584. The van der Waals surface area contributed by atoms with Gasteiger partial charge in [-0.05, 0) is 42.3 Å². The lowest BCUT2D eigenvalue weighted by Crippen LogP contribution is -2.25. The summed E-state index contributed by atoms with van der Waals surface area (Å²) >= 11 is 0. The van der Waals surface area contributed by atoms with Crippen LogP contribution in [0.25, 0.3) is 0 Å². The van der Waals surface area contributed by atoms with Crippen molar-refractivity contribution in [3.05, 3.63) is 65.5 Å². The first-order valence-electron chi connectivity index (χ1n) is 6.29. The highest BCUT2D eigenvalue weighted by Gasteiger charge is 2.05. The molecule has 5 heteroatoms. The van der Waals surface area contributed by atoms with E-state index in [-0.39, 0.29) is 11.7 Å². The summed E-state index contributed by atoms with van der Waals surface area (Å²) in [4.78, 5) is 11.9. The molecule has 0 aromatic heterocycles. The van der Waals surface area contributed by atoms with E-state index in [4.69, 9.17) is 5.84 Å². The number of hydrazine groups is 1. The third kappa shape index (κ3) is 3.55. The van der Waals surface area contributed by atoms with Crippen LogP contribution in [0.2, 0.25) is 0 Å². The Morgan fingerprint density at radius 3 is 2.45 bits per heavy atom. The largest absolute Gasteiger partial charge is 0.352 e. The highest BCUT2D eigenvalue weighted by atomic mass is 19.1. The molecule has 0 aliphatic rings. The lowest BCUT2D eigenvalue weighted by molar-refractivity contribution is 0.0954. The smallest absolute Gasteiger partial charge is 0.251 e. The Balaban J connectivity index is 1.87. The van der Waals surface area contributed by atoms with Crippen molar-refractivity contribution < 1.29 is 9.18 Å². The van der Waals surface area contributed by atoms with Crippen molar-refractivity contribution in [1.82, 2.24) is 5.32 Å². The van der Waals surface area contributed by atoms with Gasteiger partial charge in [-0.1, -0.05) is 18.2 Å². The third-order valence-electron chi connectivity index (χ3n) is 2.95. The van der Waals surface area contributed by atoms with Gasteiger partial charge in [0.25, 0.3) is 5.91 Å². The van der Waals surface area contributed by atoms with Crippen molar-refractivity contribution in [3.8, 4) is 0 Å². The minimum absolute atomic E-state index is 0.190. The van der Waals surface area contributed by atoms with Gasteiger partial charge in [-0.25, -0.2) is 4.39 Å². The van der Waals surface area contributed by atoms with Gasteiger partial charge in [-0.3, -0.25) is 10.6 Å². The molecule has 0 atom stereocenters. The van der Waals surface area contributed by atoms with Crippen LogP contribution in [0.5, 0.6) is 0 Å². The summed E-state index contributed by atoms with van der Waals surface area (Å²) in [6, 6.07) is 13.3. The third-order valence-corrected chi connectivity index (χ3v) is 2.95. The maximum Gasteiger partial charge on any atom is 0.251 e. The average Bonchev–Trinajstić information content (AvgIpc) is 2.49. The summed E-state index contributed by atoms with van der Waals surface area (Å²) in [5.74, 6) is 4.81. The van der Waals surface area contributed by atoms with Crippen molar-refractivity contribution in [3.63, 3.8) is 0 Å². The number of amides is 1. The molecular weight excluding hydrogens is 257 g/mol. The summed E-state index contributed by atoms with van der Waals surface area (Å²) in [6.45, 7) is 0.386. The second-order valence-corrected chi connectivity index (χ2v) is 4.32. The number of halogens is 1.